The first-order valence-corrected chi connectivity index (χ1v) is 9.85. The summed E-state index contributed by atoms with van der Waals surface area (Å²) in [6, 6.07) is -0.193. The fourth-order valence-corrected chi connectivity index (χ4v) is 4.85. The van der Waals surface area contributed by atoms with Gasteiger partial charge < -0.3 is 24.8 Å². The molecule has 0 unspecified atom stereocenters. The summed E-state index contributed by atoms with van der Waals surface area (Å²) < 4.78 is 3.59. The molecule has 2 N–H and O–H groups in total. The van der Waals surface area contributed by atoms with Crippen molar-refractivity contribution in [1.29, 1.82) is 0 Å². The lowest BCUT2D eigenvalue weighted by molar-refractivity contribution is -0.142. The number of nitrogens with zero attached hydrogens (tertiary/aromatic N) is 5. The second-order valence-corrected chi connectivity index (χ2v) is 8.00. The number of likely N-dealkylation sites (N-methyl/N-ethyl adjacent to an activating group) is 1. The van der Waals surface area contributed by atoms with Crippen molar-refractivity contribution in [2.75, 3.05) is 39.8 Å². The highest BCUT2D eigenvalue weighted by atomic mass is 16.3. The van der Waals surface area contributed by atoms with Crippen molar-refractivity contribution in [2.45, 2.75) is 25.3 Å². The molecule has 4 rings (SSSR count). The van der Waals surface area contributed by atoms with Crippen LogP contribution in [0.15, 0.2) is 18.6 Å². The second kappa shape index (κ2) is 7.21. The van der Waals surface area contributed by atoms with Crippen molar-refractivity contribution >= 4 is 17.5 Å². The van der Waals surface area contributed by atoms with Gasteiger partial charge in [-0.3, -0.25) is 9.59 Å². The highest BCUT2D eigenvalue weighted by molar-refractivity contribution is 6.00. The number of amides is 2. The molecule has 0 saturated carbocycles. The van der Waals surface area contributed by atoms with Crippen molar-refractivity contribution in [2.24, 2.45) is 12.5 Å². The minimum absolute atomic E-state index is 0.0452. The number of piperidine rings is 2. The molecule has 0 aromatic carbocycles. The first-order chi connectivity index (χ1) is 13.5. The number of aliphatic hydroxyl groups excluding tert-OH is 1. The average molecular weight is 388 g/mol. The molecule has 2 atom stereocenters. The third-order valence-electron chi connectivity index (χ3n) is 6.34. The Hall–Kier alpha value is -2.39. The molecule has 4 heterocycles. The lowest BCUT2D eigenvalue weighted by Crippen LogP contribution is -2.66. The Morgan fingerprint density at radius 3 is 2.89 bits per heavy atom. The Morgan fingerprint density at radius 2 is 2.11 bits per heavy atom. The van der Waals surface area contributed by atoms with E-state index < -0.39 is 5.41 Å². The molecule has 2 aromatic rings. The number of nitrogens with one attached hydrogen (secondary N) is 1. The van der Waals surface area contributed by atoms with E-state index in [1.165, 1.54) is 0 Å². The summed E-state index contributed by atoms with van der Waals surface area (Å²) in [5, 5.41) is 16.3. The maximum Gasteiger partial charge on any atom is 0.259 e. The molecule has 0 aliphatic carbocycles. The smallest absolute Gasteiger partial charge is 0.259 e. The molecule has 28 heavy (non-hydrogen) atoms. The number of likely N-dealkylation sites (tertiary alicyclic amines) is 2. The summed E-state index contributed by atoms with van der Waals surface area (Å²) in [4.78, 5) is 30.7. The zero-order valence-corrected chi connectivity index (χ0v) is 16.5. The predicted molar refractivity (Wildman–Crippen MR) is 103 cm³/mol. The van der Waals surface area contributed by atoms with Gasteiger partial charge in [-0.05, 0) is 32.9 Å². The first-order valence-electron chi connectivity index (χ1n) is 9.85. The maximum absolute atomic E-state index is 13.5. The molecule has 152 valence electrons. The Labute approximate surface area is 163 Å². The third kappa shape index (κ3) is 2.89. The van der Waals surface area contributed by atoms with Gasteiger partial charge in [0.15, 0.2) is 0 Å². The topological polar surface area (TPSA) is 95.1 Å². The molecule has 9 heteroatoms. The molecule has 2 fully saturated rings. The second-order valence-electron chi connectivity index (χ2n) is 8.00. The van der Waals surface area contributed by atoms with E-state index >= 15 is 0 Å². The lowest BCUT2D eigenvalue weighted by Gasteiger charge is -2.53. The monoisotopic (exact) mass is 388 g/mol. The zero-order valence-electron chi connectivity index (χ0n) is 16.5. The van der Waals surface area contributed by atoms with Crippen LogP contribution in [0.25, 0.3) is 5.65 Å². The average Bonchev–Trinajstić information content (AvgIpc) is 3.28. The van der Waals surface area contributed by atoms with Crippen LogP contribution < -0.4 is 5.32 Å². The van der Waals surface area contributed by atoms with Gasteiger partial charge in [-0.25, -0.2) is 4.52 Å². The number of imidazole rings is 1. The summed E-state index contributed by atoms with van der Waals surface area (Å²) in [6.07, 6.45) is 7.57. The SMILES string of the molecule is CN1CC[C@]2(C(=O)NCCO)CCCN(C(=O)c3cnn4ccn(C)c34)[C@H]2C1. The van der Waals surface area contributed by atoms with E-state index in [0.717, 1.165) is 25.0 Å². The number of rotatable bonds is 4. The maximum atomic E-state index is 13.5. The van der Waals surface area contributed by atoms with Crippen molar-refractivity contribution in [3.05, 3.63) is 24.2 Å². The largest absolute Gasteiger partial charge is 0.395 e. The van der Waals surface area contributed by atoms with Crippen molar-refractivity contribution in [3.8, 4) is 0 Å². The van der Waals surface area contributed by atoms with Crippen LogP contribution in [0.5, 0.6) is 0 Å². The zero-order chi connectivity index (χ0) is 19.9. The number of aryl methyl sites for hydroxylation is 1. The van der Waals surface area contributed by atoms with Crippen LogP contribution in [0.1, 0.15) is 29.6 Å². The first kappa shape index (κ1) is 18.9. The van der Waals surface area contributed by atoms with E-state index in [1.54, 1.807) is 10.7 Å². The summed E-state index contributed by atoms with van der Waals surface area (Å²) in [5.41, 5.74) is 0.721. The quantitative estimate of drug-likeness (QED) is 0.750. The number of hydrogen-bond acceptors (Lipinski definition) is 5. The molecule has 2 aliphatic heterocycles. The summed E-state index contributed by atoms with van der Waals surface area (Å²) in [7, 11) is 3.92. The van der Waals surface area contributed by atoms with Crippen LogP contribution in [0.4, 0.5) is 0 Å². The molecule has 2 saturated heterocycles. The Balaban J connectivity index is 1.69. The minimum Gasteiger partial charge on any atom is -0.395 e. The number of carbonyl (C=O) groups excluding carboxylic acids is 2. The van der Waals surface area contributed by atoms with E-state index in [9.17, 15) is 9.59 Å². The molecule has 9 nitrogen and oxygen atoms in total. The number of hydrogen-bond donors (Lipinski definition) is 2. The van der Waals surface area contributed by atoms with Gasteiger partial charge in [0.1, 0.15) is 11.2 Å². The normalized spacial score (nSPS) is 25.7. The van der Waals surface area contributed by atoms with Gasteiger partial charge in [0, 0.05) is 39.1 Å². The van der Waals surface area contributed by atoms with Gasteiger partial charge >= 0.3 is 0 Å². The summed E-state index contributed by atoms with van der Waals surface area (Å²) in [5.74, 6) is -0.118. The highest BCUT2D eigenvalue weighted by Gasteiger charge is 2.53. The van der Waals surface area contributed by atoms with E-state index in [0.29, 0.717) is 25.1 Å². The van der Waals surface area contributed by atoms with Gasteiger partial charge in [0.05, 0.1) is 24.3 Å². The lowest BCUT2D eigenvalue weighted by atomic mass is 9.67. The standard InChI is InChI=1S/C19H28N6O3/c1-22-8-5-19(18(28)20-6-11-26)4-3-7-24(15(19)13-22)17(27)14-12-21-25-10-9-23(2)16(14)25/h9-10,12,15,26H,3-8,11,13H2,1-2H3,(H,20,28)/t15-,19+/m0/s1. The van der Waals surface area contributed by atoms with E-state index in [1.807, 2.05) is 36.0 Å². The molecule has 2 amide bonds. The number of carbonyl (C=O) groups is 2. The molecule has 0 spiro atoms. The van der Waals surface area contributed by atoms with Crippen LogP contribution >= 0.6 is 0 Å². The molecule has 2 aliphatic rings. The fourth-order valence-electron chi connectivity index (χ4n) is 4.85. The molecule has 2 aromatic heterocycles. The van der Waals surface area contributed by atoms with Crippen molar-refractivity contribution in [3.63, 3.8) is 0 Å². The predicted octanol–water partition coefficient (Wildman–Crippen LogP) is -0.292. The van der Waals surface area contributed by atoms with E-state index in [-0.39, 0.29) is 31.0 Å². The van der Waals surface area contributed by atoms with E-state index in [4.69, 9.17) is 5.11 Å². The third-order valence-corrected chi connectivity index (χ3v) is 6.34. The number of aromatic nitrogens is 3. The number of aliphatic hydroxyl groups is 1. The number of fused-ring (bicyclic) bond motifs is 2. The van der Waals surface area contributed by atoms with Gasteiger partial charge in [-0.1, -0.05) is 0 Å². The Bertz CT molecular complexity index is 889. The summed E-state index contributed by atoms with van der Waals surface area (Å²) in [6.45, 7) is 2.27. The van der Waals surface area contributed by atoms with Gasteiger partial charge in [0.2, 0.25) is 5.91 Å². The summed E-state index contributed by atoms with van der Waals surface area (Å²) >= 11 is 0. The van der Waals surface area contributed by atoms with Gasteiger partial charge in [0.25, 0.3) is 5.91 Å². The van der Waals surface area contributed by atoms with Crippen LogP contribution in [-0.2, 0) is 11.8 Å². The molecular weight excluding hydrogens is 360 g/mol. The Morgan fingerprint density at radius 1 is 1.29 bits per heavy atom. The highest BCUT2D eigenvalue weighted by Crippen LogP contribution is 2.43. The van der Waals surface area contributed by atoms with Gasteiger partial charge in [-0.15, -0.1) is 0 Å². The van der Waals surface area contributed by atoms with Crippen LogP contribution in [0, 0.1) is 5.41 Å². The van der Waals surface area contributed by atoms with Crippen molar-refractivity contribution in [1.82, 2.24) is 29.3 Å². The fraction of sp³-hybridized carbons (Fsp3) is 0.632. The molecule has 0 radical (unpaired) electrons. The van der Waals surface area contributed by atoms with Crippen LogP contribution in [0.3, 0.4) is 0 Å². The van der Waals surface area contributed by atoms with Crippen molar-refractivity contribution < 1.29 is 14.7 Å². The van der Waals surface area contributed by atoms with E-state index in [2.05, 4.69) is 15.3 Å². The van der Waals surface area contributed by atoms with Crippen LogP contribution in [0.2, 0.25) is 0 Å². The molecular formula is C19H28N6O3. The molecule has 0 bridgehead atoms. The van der Waals surface area contributed by atoms with Gasteiger partial charge in [-0.2, -0.15) is 5.10 Å². The minimum atomic E-state index is -0.601. The Kier molecular flexibility index (Phi) is 4.88. The van der Waals surface area contributed by atoms with Crippen LogP contribution in [-0.4, -0.2) is 86.8 Å².